The Morgan fingerprint density at radius 1 is 1.50 bits per heavy atom. The summed E-state index contributed by atoms with van der Waals surface area (Å²) in [6.07, 6.45) is -1.54. The molecule has 1 N–H and O–H groups in total. The fourth-order valence-corrected chi connectivity index (χ4v) is 0.961. The molecule has 0 saturated carbocycles. The molecule has 0 fully saturated rings. The Bertz CT molecular complexity index is 201. The van der Waals surface area contributed by atoms with Crippen molar-refractivity contribution >= 4 is 6.09 Å². The number of hydrogen-bond donors (Lipinski definition) is 1. The first-order valence-electron chi connectivity index (χ1n) is 4.19. The molecule has 5 nitrogen and oxygen atoms in total. The summed E-state index contributed by atoms with van der Waals surface area (Å²) >= 11 is 0. The van der Waals surface area contributed by atoms with E-state index >= 15 is 0 Å². The second-order valence-electron chi connectivity index (χ2n) is 3.02. The molecule has 0 aromatic rings. The van der Waals surface area contributed by atoms with Crippen LogP contribution in [0.15, 0.2) is 12.2 Å². The number of methoxy groups -OCH3 is 2. The quantitative estimate of drug-likeness (QED) is 0.520. The normalized spacial score (nSPS) is 10.3. The molecule has 0 saturated heterocycles. The molecule has 0 atom stereocenters. The third-order valence-corrected chi connectivity index (χ3v) is 1.63. The Balaban J connectivity index is 4.21. The van der Waals surface area contributed by atoms with Crippen molar-refractivity contribution in [1.82, 2.24) is 4.90 Å². The minimum Gasteiger partial charge on any atom is -0.465 e. The second kappa shape index (κ2) is 6.39. The fraction of sp³-hybridized carbons (Fsp3) is 0.667. The van der Waals surface area contributed by atoms with Gasteiger partial charge in [0.15, 0.2) is 6.29 Å². The highest BCUT2D eigenvalue weighted by atomic mass is 16.7. The van der Waals surface area contributed by atoms with Crippen LogP contribution in [0.4, 0.5) is 4.79 Å². The molecule has 0 bridgehead atoms. The highest BCUT2D eigenvalue weighted by Crippen LogP contribution is 2.01. The molecule has 0 heterocycles. The van der Waals surface area contributed by atoms with E-state index in [0.29, 0.717) is 6.54 Å². The van der Waals surface area contributed by atoms with E-state index in [1.54, 1.807) is 6.92 Å². The first-order valence-corrected chi connectivity index (χ1v) is 4.19. The summed E-state index contributed by atoms with van der Waals surface area (Å²) < 4.78 is 9.81. The van der Waals surface area contributed by atoms with Crippen LogP contribution in [-0.4, -0.2) is 49.7 Å². The van der Waals surface area contributed by atoms with E-state index in [1.807, 2.05) is 0 Å². The van der Waals surface area contributed by atoms with Crippen molar-refractivity contribution in [1.29, 1.82) is 0 Å². The van der Waals surface area contributed by atoms with E-state index < -0.39 is 12.4 Å². The molecule has 5 heteroatoms. The maximum absolute atomic E-state index is 10.8. The lowest BCUT2D eigenvalue weighted by Crippen LogP contribution is -2.39. The van der Waals surface area contributed by atoms with Crippen LogP contribution in [-0.2, 0) is 9.47 Å². The highest BCUT2D eigenvalue weighted by molar-refractivity contribution is 5.65. The molecule has 0 aliphatic heterocycles. The lowest BCUT2D eigenvalue weighted by molar-refractivity contribution is -0.112. The summed E-state index contributed by atoms with van der Waals surface area (Å²) in [7, 11) is 2.93. The van der Waals surface area contributed by atoms with Gasteiger partial charge in [-0.1, -0.05) is 12.2 Å². The predicted octanol–water partition coefficient (Wildman–Crippen LogP) is 1.16. The van der Waals surface area contributed by atoms with Gasteiger partial charge in [-0.15, -0.1) is 0 Å². The minimum atomic E-state index is -1.01. The number of amides is 1. The van der Waals surface area contributed by atoms with Crippen molar-refractivity contribution in [3.05, 3.63) is 12.2 Å². The first-order chi connectivity index (χ1) is 6.51. The summed E-state index contributed by atoms with van der Waals surface area (Å²) in [5.74, 6) is 0. The zero-order valence-corrected chi connectivity index (χ0v) is 8.82. The van der Waals surface area contributed by atoms with Gasteiger partial charge in [0.25, 0.3) is 0 Å². The molecule has 0 aromatic carbocycles. The SMILES string of the molecule is C=C(C)CN(CC(OC)OC)C(=O)O. The molecule has 0 aromatic heterocycles. The summed E-state index contributed by atoms with van der Waals surface area (Å²) in [5.41, 5.74) is 0.776. The Morgan fingerprint density at radius 2 is 2.00 bits per heavy atom. The fourth-order valence-electron chi connectivity index (χ4n) is 0.961. The van der Waals surface area contributed by atoms with Crippen LogP contribution in [0.25, 0.3) is 0 Å². The van der Waals surface area contributed by atoms with Crippen LogP contribution in [0.5, 0.6) is 0 Å². The van der Waals surface area contributed by atoms with E-state index in [4.69, 9.17) is 14.6 Å². The van der Waals surface area contributed by atoms with Crippen LogP contribution in [0.1, 0.15) is 6.92 Å². The van der Waals surface area contributed by atoms with Gasteiger partial charge in [-0.05, 0) is 6.92 Å². The molecular weight excluding hydrogens is 186 g/mol. The van der Waals surface area contributed by atoms with Gasteiger partial charge < -0.3 is 14.6 Å². The summed E-state index contributed by atoms with van der Waals surface area (Å²) in [5, 5.41) is 8.84. The molecule has 0 rings (SSSR count). The van der Waals surface area contributed by atoms with Gasteiger partial charge in [-0.3, -0.25) is 4.90 Å². The van der Waals surface area contributed by atoms with Crippen LogP contribution < -0.4 is 0 Å². The van der Waals surface area contributed by atoms with Gasteiger partial charge in [-0.25, -0.2) is 4.79 Å². The molecule has 0 radical (unpaired) electrons. The van der Waals surface area contributed by atoms with E-state index in [0.717, 1.165) is 5.57 Å². The number of rotatable bonds is 6. The lowest BCUT2D eigenvalue weighted by atomic mass is 10.3. The topological polar surface area (TPSA) is 59.0 Å². The first kappa shape index (κ1) is 12.9. The highest BCUT2D eigenvalue weighted by Gasteiger charge is 2.17. The number of carboxylic acid groups (broad SMARTS) is 1. The van der Waals surface area contributed by atoms with Gasteiger partial charge in [0, 0.05) is 20.8 Å². The molecule has 0 unspecified atom stereocenters. The number of carbonyl (C=O) groups is 1. The van der Waals surface area contributed by atoms with E-state index in [-0.39, 0.29) is 6.54 Å². The molecule has 14 heavy (non-hydrogen) atoms. The Hall–Kier alpha value is -1.07. The van der Waals surface area contributed by atoms with Crippen molar-refractivity contribution in [2.75, 3.05) is 27.3 Å². The molecular formula is C9H17NO4. The van der Waals surface area contributed by atoms with Crippen molar-refractivity contribution in [3.63, 3.8) is 0 Å². The largest absolute Gasteiger partial charge is 0.465 e. The lowest BCUT2D eigenvalue weighted by Gasteiger charge is -2.23. The maximum Gasteiger partial charge on any atom is 0.407 e. The minimum absolute atomic E-state index is 0.176. The van der Waals surface area contributed by atoms with Crippen molar-refractivity contribution in [3.8, 4) is 0 Å². The van der Waals surface area contributed by atoms with Gasteiger partial charge in [-0.2, -0.15) is 0 Å². The van der Waals surface area contributed by atoms with E-state index in [1.165, 1.54) is 19.1 Å². The molecule has 0 spiro atoms. The van der Waals surface area contributed by atoms with Crippen LogP contribution in [0.2, 0.25) is 0 Å². The Kier molecular flexibility index (Phi) is 5.91. The average Bonchev–Trinajstić information content (AvgIpc) is 2.11. The van der Waals surface area contributed by atoms with E-state index in [9.17, 15) is 4.79 Å². The summed E-state index contributed by atoms with van der Waals surface area (Å²) in [6.45, 7) is 5.88. The molecule has 0 aliphatic carbocycles. The zero-order valence-electron chi connectivity index (χ0n) is 8.82. The number of ether oxygens (including phenoxy) is 2. The van der Waals surface area contributed by atoms with Crippen LogP contribution in [0, 0.1) is 0 Å². The monoisotopic (exact) mass is 203 g/mol. The van der Waals surface area contributed by atoms with Gasteiger partial charge in [0.05, 0.1) is 6.54 Å². The zero-order chi connectivity index (χ0) is 11.1. The molecule has 1 amide bonds. The average molecular weight is 203 g/mol. The second-order valence-corrected chi connectivity index (χ2v) is 3.02. The number of hydrogen-bond acceptors (Lipinski definition) is 3. The third-order valence-electron chi connectivity index (χ3n) is 1.63. The van der Waals surface area contributed by atoms with Gasteiger partial charge in [0.1, 0.15) is 0 Å². The van der Waals surface area contributed by atoms with Crippen molar-refractivity contribution in [2.45, 2.75) is 13.2 Å². The predicted molar refractivity (Wildman–Crippen MR) is 52.2 cm³/mol. The van der Waals surface area contributed by atoms with Crippen molar-refractivity contribution < 1.29 is 19.4 Å². The Labute approximate surface area is 83.9 Å². The molecule has 82 valence electrons. The van der Waals surface area contributed by atoms with Gasteiger partial charge >= 0.3 is 6.09 Å². The summed E-state index contributed by atoms with van der Waals surface area (Å²) in [6, 6.07) is 0. The van der Waals surface area contributed by atoms with Crippen LogP contribution >= 0.6 is 0 Å². The van der Waals surface area contributed by atoms with E-state index in [2.05, 4.69) is 6.58 Å². The van der Waals surface area contributed by atoms with Gasteiger partial charge in [0.2, 0.25) is 0 Å². The maximum atomic E-state index is 10.8. The van der Waals surface area contributed by atoms with Crippen molar-refractivity contribution in [2.24, 2.45) is 0 Å². The summed E-state index contributed by atoms with van der Waals surface area (Å²) in [4.78, 5) is 12.0. The third kappa shape index (κ3) is 4.84. The van der Waals surface area contributed by atoms with Crippen LogP contribution in [0.3, 0.4) is 0 Å². The molecule has 0 aliphatic rings. The number of nitrogens with zero attached hydrogens (tertiary/aromatic N) is 1. The smallest absolute Gasteiger partial charge is 0.407 e. The Morgan fingerprint density at radius 3 is 2.29 bits per heavy atom. The standard InChI is InChI=1S/C9H17NO4/c1-7(2)5-10(9(11)12)6-8(13-3)14-4/h8H,1,5-6H2,2-4H3,(H,11,12).